The summed E-state index contributed by atoms with van der Waals surface area (Å²) >= 11 is 1.50. The molecule has 0 amide bonds. The molecule has 1 aromatic heterocycles. The molecule has 18 heavy (non-hydrogen) atoms. The molecule has 1 aromatic rings. The van der Waals surface area contributed by atoms with Crippen molar-refractivity contribution in [2.75, 3.05) is 25.1 Å². The van der Waals surface area contributed by atoms with E-state index in [0.717, 1.165) is 28.8 Å². The second kappa shape index (κ2) is 5.80. The van der Waals surface area contributed by atoms with Crippen molar-refractivity contribution < 1.29 is 9.53 Å². The topological polar surface area (TPSA) is 42.4 Å². The van der Waals surface area contributed by atoms with Crippen molar-refractivity contribution in [3.63, 3.8) is 0 Å². The highest BCUT2D eigenvalue weighted by Gasteiger charge is 2.22. The molecule has 1 atom stereocenters. The maximum Gasteiger partial charge on any atom is 0.186 e. The molecule has 0 radical (unpaired) electrons. The van der Waals surface area contributed by atoms with Gasteiger partial charge in [-0.25, -0.2) is 4.98 Å². The maximum atomic E-state index is 11.6. The molecule has 100 valence electrons. The highest BCUT2D eigenvalue weighted by atomic mass is 32.1. The number of carbonyl (C=O) groups excluding carboxylic acids is 1. The first-order valence-corrected chi connectivity index (χ1v) is 7.18. The summed E-state index contributed by atoms with van der Waals surface area (Å²) in [6.45, 7) is 6.35. The van der Waals surface area contributed by atoms with Crippen molar-refractivity contribution in [2.45, 2.75) is 33.3 Å². The molecule has 0 saturated carbocycles. The number of aromatic nitrogens is 1. The lowest BCUT2D eigenvalue weighted by atomic mass is 10.0. The summed E-state index contributed by atoms with van der Waals surface area (Å²) in [5.74, 6) is 0.783. The number of hydrogen-bond acceptors (Lipinski definition) is 5. The molecular weight excluding hydrogens is 248 g/mol. The average molecular weight is 268 g/mol. The minimum Gasteiger partial charge on any atom is -0.378 e. The third-order valence-electron chi connectivity index (χ3n) is 3.21. The molecule has 1 aliphatic heterocycles. The Kier molecular flexibility index (Phi) is 4.35. The zero-order valence-corrected chi connectivity index (χ0v) is 12.0. The first-order chi connectivity index (χ1) is 8.61. The number of Topliss-reactive ketones (excluding diaryl/α,β-unsaturated/α-hetero) is 1. The Labute approximate surface area is 112 Å². The lowest BCUT2D eigenvalue weighted by Gasteiger charge is -2.30. The van der Waals surface area contributed by atoms with E-state index in [1.165, 1.54) is 24.2 Å². The van der Waals surface area contributed by atoms with Crippen molar-refractivity contribution in [3.8, 4) is 0 Å². The molecule has 0 aliphatic carbocycles. The van der Waals surface area contributed by atoms with Gasteiger partial charge in [-0.2, -0.15) is 0 Å². The zero-order chi connectivity index (χ0) is 13.1. The van der Waals surface area contributed by atoms with Crippen LogP contribution in [0.5, 0.6) is 0 Å². The van der Waals surface area contributed by atoms with E-state index < -0.39 is 0 Å². The Morgan fingerprint density at radius 2 is 2.39 bits per heavy atom. The number of ketones is 1. The van der Waals surface area contributed by atoms with Crippen molar-refractivity contribution in [1.82, 2.24) is 4.98 Å². The van der Waals surface area contributed by atoms with Crippen LogP contribution in [-0.4, -0.2) is 31.0 Å². The maximum absolute atomic E-state index is 11.6. The number of piperidine rings is 1. The smallest absolute Gasteiger partial charge is 0.186 e. The fourth-order valence-electron chi connectivity index (χ4n) is 2.35. The van der Waals surface area contributed by atoms with Gasteiger partial charge in [0.05, 0.1) is 17.2 Å². The number of thiazole rings is 1. The van der Waals surface area contributed by atoms with Crippen LogP contribution in [0.15, 0.2) is 0 Å². The van der Waals surface area contributed by atoms with E-state index in [4.69, 9.17) is 4.74 Å². The van der Waals surface area contributed by atoms with Crippen LogP contribution in [0.4, 0.5) is 5.13 Å². The highest BCUT2D eigenvalue weighted by Crippen LogP contribution is 2.30. The molecule has 4 nitrogen and oxygen atoms in total. The van der Waals surface area contributed by atoms with Gasteiger partial charge in [-0.05, 0) is 18.8 Å². The average Bonchev–Trinajstić information content (AvgIpc) is 2.74. The fourth-order valence-corrected chi connectivity index (χ4v) is 3.35. The van der Waals surface area contributed by atoms with Gasteiger partial charge in [0.1, 0.15) is 0 Å². The van der Waals surface area contributed by atoms with E-state index >= 15 is 0 Å². The second-order valence-corrected chi connectivity index (χ2v) is 5.93. The van der Waals surface area contributed by atoms with Crippen molar-refractivity contribution in [1.29, 1.82) is 0 Å². The normalized spacial score (nSPS) is 20.2. The number of ether oxygens (including phenoxy) is 1. The molecule has 1 unspecified atom stereocenters. The number of methoxy groups -OCH3 is 1. The minimum atomic E-state index is 0.0795. The third kappa shape index (κ3) is 2.90. The van der Waals surface area contributed by atoms with E-state index in [1.54, 1.807) is 14.0 Å². The lowest BCUT2D eigenvalue weighted by molar-refractivity contribution is 0.101. The second-order valence-electron chi connectivity index (χ2n) is 4.95. The van der Waals surface area contributed by atoms with Gasteiger partial charge in [0.15, 0.2) is 10.9 Å². The zero-order valence-electron chi connectivity index (χ0n) is 11.2. The largest absolute Gasteiger partial charge is 0.378 e. The van der Waals surface area contributed by atoms with Gasteiger partial charge in [0.2, 0.25) is 0 Å². The Morgan fingerprint density at radius 3 is 3.00 bits per heavy atom. The van der Waals surface area contributed by atoms with Crippen LogP contribution in [-0.2, 0) is 11.3 Å². The predicted molar refractivity (Wildman–Crippen MR) is 73.4 cm³/mol. The van der Waals surface area contributed by atoms with Crippen LogP contribution in [0.2, 0.25) is 0 Å². The van der Waals surface area contributed by atoms with Gasteiger partial charge < -0.3 is 9.64 Å². The van der Waals surface area contributed by atoms with Crippen LogP contribution >= 0.6 is 11.3 Å². The highest BCUT2D eigenvalue weighted by molar-refractivity contribution is 7.17. The molecule has 1 aliphatic rings. The number of carbonyl (C=O) groups is 1. The summed E-state index contributed by atoms with van der Waals surface area (Å²) in [5.41, 5.74) is 0.781. The molecule has 0 bridgehead atoms. The lowest BCUT2D eigenvalue weighted by Crippen LogP contribution is -2.34. The SMILES string of the molecule is COCc1nc(N2CCCC(C)C2)sc1C(C)=O. The molecule has 1 fully saturated rings. The van der Waals surface area contributed by atoms with E-state index in [2.05, 4.69) is 16.8 Å². The van der Waals surface area contributed by atoms with Crippen molar-refractivity contribution in [3.05, 3.63) is 10.6 Å². The van der Waals surface area contributed by atoms with Gasteiger partial charge in [-0.1, -0.05) is 18.3 Å². The third-order valence-corrected chi connectivity index (χ3v) is 4.47. The summed E-state index contributed by atoms with van der Waals surface area (Å²) < 4.78 is 5.11. The van der Waals surface area contributed by atoms with Crippen LogP contribution in [0.25, 0.3) is 0 Å². The number of hydrogen-bond donors (Lipinski definition) is 0. The molecule has 1 saturated heterocycles. The summed E-state index contributed by atoms with van der Waals surface area (Å²) in [6, 6.07) is 0. The Hall–Kier alpha value is -0.940. The van der Waals surface area contributed by atoms with Crippen LogP contribution in [0.3, 0.4) is 0 Å². The van der Waals surface area contributed by atoms with Gasteiger partial charge in [0.25, 0.3) is 0 Å². The standard InChI is InChI=1S/C13H20N2O2S/c1-9-5-4-6-15(7-9)13-14-11(8-17-3)12(18-13)10(2)16/h9H,4-8H2,1-3H3. The minimum absolute atomic E-state index is 0.0795. The predicted octanol–water partition coefficient (Wildman–Crippen LogP) is 2.73. The summed E-state index contributed by atoms with van der Waals surface area (Å²) in [6.07, 6.45) is 2.49. The molecule has 5 heteroatoms. The van der Waals surface area contributed by atoms with Crippen molar-refractivity contribution >= 4 is 22.3 Å². The Bertz CT molecular complexity index is 431. The molecule has 0 aromatic carbocycles. The van der Waals surface area contributed by atoms with Crippen LogP contribution in [0.1, 0.15) is 42.1 Å². The monoisotopic (exact) mass is 268 g/mol. The quantitative estimate of drug-likeness (QED) is 0.787. The van der Waals surface area contributed by atoms with E-state index in [9.17, 15) is 4.79 Å². The van der Waals surface area contributed by atoms with E-state index in [-0.39, 0.29) is 5.78 Å². The Morgan fingerprint density at radius 1 is 1.61 bits per heavy atom. The van der Waals surface area contributed by atoms with Crippen LogP contribution in [0, 0.1) is 5.92 Å². The van der Waals surface area contributed by atoms with E-state index in [1.807, 2.05) is 0 Å². The van der Waals surface area contributed by atoms with Gasteiger partial charge in [0, 0.05) is 27.1 Å². The fraction of sp³-hybridized carbons (Fsp3) is 0.692. The molecule has 0 spiro atoms. The first kappa shape index (κ1) is 13.5. The summed E-state index contributed by atoms with van der Waals surface area (Å²) in [7, 11) is 1.63. The van der Waals surface area contributed by atoms with E-state index in [0.29, 0.717) is 12.5 Å². The van der Waals surface area contributed by atoms with Crippen molar-refractivity contribution in [2.24, 2.45) is 5.92 Å². The number of rotatable bonds is 4. The first-order valence-electron chi connectivity index (χ1n) is 6.36. The van der Waals surface area contributed by atoms with Gasteiger partial charge in [-0.3, -0.25) is 4.79 Å². The number of anilines is 1. The van der Waals surface area contributed by atoms with Gasteiger partial charge >= 0.3 is 0 Å². The van der Waals surface area contributed by atoms with Gasteiger partial charge in [-0.15, -0.1) is 0 Å². The molecule has 2 rings (SSSR count). The summed E-state index contributed by atoms with van der Waals surface area (Å²) in [4.78, 5) is 19.2. The number of nitrogens with zero attached hydrogens (tertiary/aromatic N) is 2. The molecule has 2 heterocycles. The molecular formula is C13H20N2O2S. The summed E-state index contributed by atoms with van der Waals surface area (Å²) in [5, 5.41) is 0.971. The van der Waals surface area contributed by atoms with Crippen LogP contribution < -0.4 is 4.90 Å². The molecule has 0 N–H and O–H groups in total. The Balaban J connectivity index is 2.22.